The topological polar surface area (TPSA) is 43.4 Å². The summed E-state index contributed by atoms with van der Waals surface area (Å²) < 4.78 is 6.32. The lowest BCUT2D eigenvalue weighted by molar-refractivity contribution is -0.190. The number of carbonyl (C=O) groups excluding carboxylic acids is 2. The van der Waals surface area contributed by atoms with E-state index in [0.717, 1.165) is 0 Å². The zero-order valence-electron chi connectivity index (χ0n) is 14.1. The van der Waals surface area contributed by atoms with Crippen molar-refractivity contribution in [3.05, 3.63) is 0 Å². The molecule has 2 saturated heterocycles. The van der Waals surface area contributed by atoms with E-state index < -0.39 is 11.0 Å². The summed E-state index contributed by atoms with van der Waals surface area (Å²) >= 11 is 0. The largest absolute Gasteiger partial charge is 0.361 e. The summed E-state index contributed by atoms with van der Waals surface area (Å²) in [6, 6.07) is 0. The molecule has 3 atom stereocenters. The fourth-order valence-corrected chi connectivity index (χ4v) is 3.70. The molecular weight excluding hydrogens is 252 g/mol. The van der Waals surface area contributed by atoms with Gasteiger partial charge in [0, 0.05) is 6.42 Å². The number of hydrogen-bond acceptors (Lipinski definition) is 3. The lowest BCUT2D eigenvalue weighted by atomic mass is 9.67. The summed E-state index contributed by atoms with van der Waals surface area (Å²) in [6.45, 7) is 16.0. The van der Waals surface area contributed by atoms with Crippen LogP contribution in [0.1, 0.15) is 61.8 Å². The van der Waals surface area contributed by atoms with E-state index in [2.05, 4.69) is 20.8 Å². The van der Waals surface area contributed by atoms with Crippen molar-refractivity contribution in [2.45, 2.75) is 73.5 Å². The van der Waals surface area contributed by atoms with Crippen molar-refractivity contribution in [2.75, 3.05) is 0 Å². The van der Waals surface area contributed by atoms with E-state index in [1.165, 1.54) is 0 Å². The van der Waals surface area contributed by atoms with Gasteiger partial charge < -0.3 is 4.74 Å². The van der Waals surface area contributed by atoms with Crippen molar-refractivity contribution in [3.63, 3.8) is 0 Å². The predicted octanol–water partition coefficient (Wildman–Crippen LogP) is 3.40. The summed E-state index contributed by atoms with van der Waals surface area (Å²) in [6.07, 6.45) is -0.0960. The van der Waals surface area contributed by atoms with Gasteiger partial charge in [-0.1, -0.05) is 55.4 Å². The third-order valence-corrected chi connectivity index (χ3v) is 5.30. The van der Waals surface area contributed by atoms with Crippen LogP contribution in [0.15, 0.2) is 0 Å². The van der Waals surface area contributed by atoms with Gasteiger partial charge in [-0.3, -0.25) is 9.59 Å². The molecule has 3 nitrogen and oxygen atoms in total. The van der Waals surface area contributed by atoms with Crippen LogP contribution in [0.2, 0.25) is 0 Å². The second kappa shape index (κ2) is 3.94. The quantitative estimate of drug-likeness (QED) is 0.683. The SMILES string of the molecule is CC(C)(C)C1C(=O)C2(C(C)(C)C)CC(=O)C(C)(C)C1O2. The van der Waals surface area contributed by atoms with Gasteiger partial charge in [-0.15, -0.1) is 0 Å². The van der Waals surface area contributed by atoms with Crippen LogP contribution in [0.25, 0.3) is 0 Å². The Morgan fingerprint density at radius 2 is 1.55 bits per heavy atom. The van der Waals surface area contributed by atoms with Gasteiger partial charge in [0.25, 0.3) is 0 Å². The molecule has 0 N–H and O–H groups in total. The molecule has 2 bridgehead atoms. The van der Waals surface area contributed by atoms with Gasteiger partial charge in [0.05, 0.1) is 17.4 Å². The van der Waals surface area contributed by atoms with Gasteiger partial charge in [0.15, 0.2) is 5.78 Å². The van der Waals surface area contributed by atoms with Gasteiger partial charge in [-0.2, -0.15) is 0 Å². The molecule has 20 heavy (non-hydrogen) atoms. The monoisotopic (exact) mass is 280 g/mol. The number of hydrogen-bond donors (Lipinski definition) is 0. The van der Waals surface area contributed by atoms with Gasteiger partial charge in [-0.25, -0.2) is 0 Å². The maximum absolute atomic E-state index is 13.2. The van der Waals surface area contributed by atoms with Crippen LogP contribution in [0.5, 0.6) is 0 Å². The van der Waals surface area contributed by atoms with E-state index >= 15 is 0 Å². The summed E-state index contributed by atoms with van der Waals surface area (Å²) in [7, 11) is 0. The lowest BCUT2D eigenvalue weighted by Crippen LogP contribution is -2.56. The smallest absolute Gasteiger partial charge is 0.171 e. The molecule has 2 aliphatic heterocycles. The maximum atomic E-state index is 13.2. The third kappa shape index (κ3) is 1.82. The highest BCUT2D eigenvalue weighted by Crippen LogP contribution is 2.58. The molecule has 3 unspecified atom stereocenters. The van der Waals surface area contributed by atoms with Crippen LogP contribution >= 0.6 is 0 Å². The molecule has 0 aromatic rings. The average Bonchev–Trinajstić information content (AvgIpc) is 2.48. The molecule has 2 heterocycles. The minimum Gasteiger partial charge on any atom is -0.361 e. The standard InChI is InChI=1S/C17H28O3/c1-14(2,3)11-12(19)17(15(4,5)6)9-10(18)16(7,8)13(11)20-17/h11,13H,9H2,1-8H3. The second-order valence-corrected chi connectivity index (χ2v) is 9.15. The summed E-state index contributed by atoms with van der Waals surface area (Å²) in [5.41, 5.74) is -2.09. The number of ether oxygens (including phenoxy) is 1. The maximum Gasteiger partial charge on any atom is 0.171 e. The van der Waals surface area contributed by atoms with Gasteiger partial charge in [0.2, 0.25) is 0 Å². The van der Waals surface area contributed by atoms with Crippen LogP contribution in [0, 0.1) is 22.2 Å². The fraction of sp³-hybridized carbons (Fsp3) is 0.882. The Kier molecular flexibility index (Phi) is 3.09. The molecule has 3 heteroatoms. The van der Waals surface area contributed by atoms with E-state index in [0.29, 0.717) is 0 Å². The van der Waals surface area contributed by atoms with Gasteiger partial charge in [-0.05, 0) is 10.8 Å². The molecule has 0 spiro atoms. The number of fused-ring (bicyclic) bond motifs is 2. The molecule has 2 fully saturated rings. The number of rotatable bonds is 0. The highest BCUT2D eigenvalue weighted by Gasteiger charge is 2.70. The van der Waals surface area contributed by atoms with Crippen molar-refractivity contribution in [1.29, 1.82) is 0 Å². The Labute approximate surface area is 122 Å². The summed E-state index contributed by atoms with van der Waals surface area (Å²) in [5.74, 6) is 0.0633. The van der Waals surface area contributed by atoms with Crippen molar-refractivity contribution in [2.24, 2.45) is 22.2 Å². The molecule has 0 aromatic carbocycles. The van der Waals surface area contributed by atoms with E-state index in [1.54, 1.807) is 0 Å². The predicted molar refractivity (Wildman–Crippen MR) is 78.4 cm³/mol. The van der Waals surface area contributed by atoms with Crippen molar-refractivity contribution in [3.8, 4) is 0 Å². The molecular formula is C17H28O3. The van der Waals surface area contributed by atoms with E-state index in [9.17, 15) is 9.59 Å². The Balaban J connectivity index is 2.63. The lowest BCUT2D eigenvalue weighted by Gasteiger charge is -2.46. The van der Waals surface area contributed by atoms with E-state index in [4.69, 9.17) is 4.74 Å². The van der Waals surface area contributed by atoms with Crippen molar-refractivity contribution in [1.82, 2.24) is 0 Å². The number of ketones is 2. The zero-order valence-corrected chi connectivity index (χ0v) is 14.1. The van der Waals surface area contributed by atoms with Crippen LogP contribution in [-0.4, -0.2) is 23.3 Å². The second-order valence-electron chi connectivity index (χ2n) is 9.15. The van der Waals surface area contributed by atoms with Crippen molar-refractivity contribution >= 4 is 11.6 Å². The van der Waals surface area contributed by atoms with Crippen LogP contribution in [0.3, 0.4) is 0 Å². The Morgan fingerprint density at radius 3 is 1.95 bits per heavy atom. The zero-order chi connectivity index (χ0) is 15.7. The van der Waals surface area contributed by atoms with E-state index in [1.807, 2.05) is 34.6 Å². The Morgan fingerprint density at radius 1 is 1.05 bits per heavy atom. The molecule has 0 aliphatic carbocycles. The molecule has 114 valence electrons. The molecule has 0 aromatic heterocycles. The van der Waals surface area contributed by atoms with Crippen molar-refractivity contribution < 1.29 is 14.3 Å². The first-order chi connectivity index (χ1) is 8.75. The molecule has 0 amide bonds. The Hall–Kier alpha value is -0.700. The first kappa shape index (κ1) is 15.7. The fourth-order valence-electron chi connectivity index (χ4n) is 3.70. The molecule has 2 aliphatic rings. The first-order valence-electron chi connectivity index (χ1n) is 7.50. The average molecular weight is 280 g/mol. The first-order valence-corrected chi connectivity index (χ1v) is 7.50. The Bertz CT molecular complexity index is 462. The number of Topliss-reactive ketones (excluding diaryl/α,β-unsaturated/α-hetero) is 2. The molecule has 2 rings (SSSR count). The van der Waals surface area contributed by atoms with Crippen LogP contribution in [-0.2, 0) is 14.3 Å². The summed E-state index contributed by atoms with van der Waals surface area (Å²) in [4.78, 5) is 25.8. The van der Waals surface area contributed by atoms with E-state index in [-0.39, 0.29) is 40.8 Å². The third-order valence-electron chi connectivity index (χ3n) is 5.30. The minimum atomic E-state index is -0.942. The van der Waals surface area contributed by atoms with Crippen LogP contribution < -0.4 is 0 Å². The molecule has 0 radical (unpaired) electrons. The number of carbonyl (C=O) groups is 2. The molecule has 0 saturated carbocycles. The van der Waals surface area contributed by atoms with Crippen LogP contribution in [0.4, 0.5) is 0 Å². The summed E-state index contributed by atoms with van der Waals surface area (Å²) in [5, 5.41) is 0. The minimum absolute atomic E-state index is 0.126. The van der Waals surface area contributed by atoms with Gasteiger partial charge in [0.1, 0.15) is 11.4 Å². The highest BCUT2D eigenvalue weighted by atomic mass is 16.5. The normalized spacial score (nSPS) is 37.4. The highest BCUT2D eigenvalue weighted by molar-refractivity contribution is 6.02. The van der Waals surface area contributed by atoms with Gasteiger partial charge >= 0.3 is 0 Å².